The maximum absolute atomic E-state index is 12.9. The number of hydrogen-bond donors (Lipinski definition) is 1. The van der Waals surface area contributed by atoms with E-state index in [9.17, 15) is 26.4 Å². The number of hydrogen-bond acceptors (Lipinski definition) is 10. The summed E-state index contributed by atoms with van der Waals surface area (Å²) in [4.78, 5) is 14.3. The molecule has 0 radical (unpaired) electrons. The van der Waals surface area contributed by atoms with Crippen molar-refractivity contribution in [1.82, 2.24) is 10.2 Å². The number of ether oxygens (including phenoxy) is 1. The van der Waals surface area contributed by atoms with Crippen LogP contribution in [-0.2, 0) is 21.2 Å². The molecule has 0 saturated heterocycles. The fourth-order valence-electron chi connectivity index (χ4n) is 3.85. The van der Waals surface area contributed by atoms with Gasteiger partial charge in [0.25, 0.3) is 5.13 Å². The summed E-state index contributed by atoms with van der Waals surface area (Å²) >= 11 is 0.825. The summed E-state index contributed by atoms with van der Waals surface area (Å²) in [5, 5.41) is 15.6. The fourth-order valence-corrected chi connectivity index (χ4v) is 5.40. The first-order chi connectivity index (χ1) is 17.8. The van der Waals surface area contributed by atoms with Gasteiger partial charge in [-0.15, -0.1) is 20.4 Å². The van der Waals surface area contributed by atoms with Crippen molar-refractivity contribution in [2.24, 2.45) is 10.2 Å². The summed E-state index contributed by atoms with van der Waals surface area (Å²) < 4.78 is 70.6. The number of nitrogens with zero attached hydrogens (tertiary/aromatic N) is 5. The summed E-state index contributed by atoms with van der Waals surface area (Å²) in [6.07, 6.45) is -1.22. The molecule has 10 nitrogen and oxygen atoms in total. The summed E-state index contributed by atoms with van der Waals surface area (Å²) in [6.45, 7) is 8.43. The molecule has 0 saturated carbocycles. The van der Waals surface area contributed by atoms with Crippen LogP contribution in [0.2, 0.25) is 0 Å². The number of carbonyl (C=O) groups excluding carboxylic acids is 1. The van der Waals surface area contributed by atoms with E-state index in [1.54, 1.807) is 13.0 Å². The molecule has 0 amide bonds. The molecule has 2 atom stereocenters. The van der Waals surface area contributed by atoms with Gasteiger partial charge in [0.1, 0.15) is 5.69 Å². The first-order valence-electron chi connectivity index (χ1n) is 12.3. The van der Waals surface area contributed by atoms with E-state index in [1.807, 2.05) is 11.6 Å². The molecule has 38 heavy (non-hydrogen) atoms. The molecule has 15 heteroatoms. The highest BCUT2D eigenvalue weighted by Gasteiger charge is 2.36. The van der Waals surface area contributed by atoms with Gasteiger partial charge < -0.3 is 9.64 Å². The lowest BCUT2D eigenvalue weighted by molar-refractivity contribution is -0.106. The van der Waals surface area contributed by atoms with E-state index >= 15 is 0 Å². The molecule has 0 bridgehead atoms. The molecule has 1 aliphatic rings. The molecule has 2 unspecified atom stereocenters. The smallest absolute Gasteiger partial charge is 0.404 e. The van der Waals surface area contributed by atoms with Crippen molar-refractivity contribution in [3.8, 4) is 0 Å². The van der Waals surface area contributed by atoms with Crippen LogP contribution >= 0.6 is 11.3 Å². The molecule has 1 aromatic carbocycles. The van der Waals surface area contributed by atoms with E-state index in [0.717, 1.165) is 48.4 Å². The van der Waals surface area contributed by atoms with Crippen LogP contribution in [0.25, 0.3) is 0 Å². The van der Waals surface area contributed by atoms with Gasteiger partial charge in [0.05, 0.1) is 11.8 Å². The zero-order valence-electron chi connectivity index (χ0n) is 21.6. The Labute approximate surface area is 223 Å². The molecule has 1 aromatic heterocycles. The van der Waals surface area contributed by atoms with E-state index in [4.69, 9.17) is 4.74 Å². The van der Waals surface area contributed by atoms with Gasteiger partial charge in [0.15, 0.2) is 5.75 Å². The number of aryl methyl sites for hydroxylation is 1. The number of carbonyl (C=O) groups is 1. The molecule has 1 N–H and O–H groups in total. The Hall–Kier alpha value is -2.81. The predicted molar refractivity (Wildman–Crippen MR) is 139 cm³/mol. The third-order valence-corrected chi connectivity index (χ3v) is 7.98. The highest BCUT2D eigenvalue weighted by atomic mass is 32.2. The molecule has 0 spiro atoms. The van der Waals surface area contributed by atoms with Crippen LogP contribution in [0.1, 0.15) is 68.7 Å². The molecule has 1 aliphatic heterocycles. The Kier molecular flexibility index (Phi) is 9.68. The minimum atomic E-state index is -4.92. The van der Waals surface area contributed by atoms with Crippen molar-refractivity contribution in [2.45, 2.75) is 78.1 Å². The number of aromatic nitrogens is 2. The first kappa shape index (κ1) is 29.7. The molecule has 0 aliphatic carbocycles. The van der Waals surface area contributed by atoms with E-state index < -0.39 is 27.9 Å². The van der Waals surface area contributed by atoms with Crippen LogP contribution in [0.4, 0.5) is 35.4 Å². The van der Waals surface area contributed by atoms with Crippen molar-refractivity contribution in [1.29, 1.82) is 0 Å². The minimum absolute atomic E-state index is 0.00103. The number of benzene rings is 1. The highest BCUT2D eigenvalue weighted by molar-refractivity contribution is 7.92. The van der Waals surface area contributed by atoms with Crippen LogP contribution in [0.5, 0.6) is 0 Å². The van der Waals surface area contributed by atoms with Crippen molar-refractivity contribution < 1.29 is 31.1 Å². The largest absolute Gasteiger partial charge is 0.457 e. The second kappa shape index (κ2) is 12.4. The van der Waals surface area contributed by atoms with Gasteiger partial charge in [-0.1, -0.05) is 31.6 Å². The zero-order valence-corrected chi connectivity index (χ0v) is 23.2. The lowest BCUT2D eigenvalue weighted by Gasteiger charge is -2.37. The molecule has 210 valence electrons. The lowest BCUT2D eigenvalue weighted by atomic mass is 9.95. The topological polar surface area (TPSA) is 126 Å². The monoisotopic (exact) mass is 576 g/mol. The van der Waals surface area contributed by atoms with Gasteiger partial charge in [-0.2, -0.15) is 13.2 Å². The Morgan fingerprint density at radius 2 is 2.03 bits per heavy atom. The summed E-state index contributed by atoms with van der Waals surface area (Å²) in [7, 11) is -4.78. The van der Waals surface area contributed by atoms with Crippen LogP contribution in [0.15, 0.2) is 22.4 Å². The number of azo groups is 1. The number of unbranched alkanes of at least 4 members (excludes halogenated alkanes) is 1. The van der Waals surface area contributed by atoms with Crippen LogP contribution in [0, 0.1) is 0 Å². The fraction of sp³-hybridized carbons (Fsp3) is 0.609. The number of alkyl halides is 3. The molecular weight excluding hydrogens is 545 g/mol. The third-order valence-electron chi connectivity index (χ3n) is 5.96. The number of halogens is 3. The normalized spacial score (nSPS) is 16.9. The van der Waals surface area contributed by atoms with Crippen LogP contribution < -0.4 is 9.62 Å². The van der Waals surface area contributed by atoms with E-state index in [-0.39, 0.29) is 33.7 Å². The number of anilines is 2. The Morgan fingerprint density at radius 1 is 1.29 bits per heavy atom. The molecule has 2 aromatic rings. The average Bonchev–Trinajstić information content (AvgIpc) is 3.29. The van der Waals surface area contributed by atoms with Crippen molar-refractivity contribution in [3.63, 3.8) is 0 Å². The number of fused-ring (bicyclic) bond motifs is 1. The highest BCUT2D eigenvalue weighted by Crippen LogP contribution is 2.40. The average molecular weight is 577 g/mol. The van der Waals surface area contributed by atoms with E-state index in [1.165, 1.54) is 6.07 Å². The van der Waals surface area contributed by atoms with Gasteiger partial charge >= 0.3 is 12.1 Å². The molecular formula is C23H31F3N6O4S2. The number of nitrogens with one attached hydrogen (secondary N) is 1. The summed E-state index contributed by atoms with van der Waals surface area (Å²) in [5.41, 5.74) is 1.51. The van der Waals surface area contributed by atoms with Gasteiger partial charge in [-0.05, 0) is 57.2 Å². The second-order valence-corrected chi connectivity index (χ2v) is 11.8. The molecule has 0 fully saturated rings. The summed E-state index contributed by atoms with van der Waals surface area (Å²) in [5.74, 6) is -2.70. The molecule has 2 heterocycles. The first-order valence-corrected chi connectivity index (χ1v) is 14.8. The van der Waals surface area contributed by atoms with Crippen molar-refractivity contribution in [2.75, 3.05) is 21.9 Å². The van der Waals surface area contributed by atoms with Crippen molar-refractivity contribution >= 4 is 49.5 Å². The summed E-state index contributed by atoms with van der Waals surface area (Å²) in [6, 6.07) is 3.31. The minimum Gasteiger partial charge on any atom is -0.457 e. The van der Waals surface area contributed by atoms with E-state index in [2.05, 4.69) is 39.2 Å². The lowest BCUT2D eigenvalue weighted by Crippen LogP contribution is -2.38. The zero-order chi connectivity index (χ0) is 28.1. The maximum atomic E-state index is 12.9. The van der Waals surface area contributed by atoms with Gasteiger partial charge in [-0.3, -0.25) is 4.72 Å². The Morgan fingerprint density at radius 3 is 2.68 bits per heavy atom. The Balaban J connectivity index is 1.97. The standard InChI is InChI=1S/C23H31F3N6O4S2/c1-5-7-10-32-14(3)8-9-16-11-17(18(12-19(16)32)31-38(34,35)13-23(24,25)26)27-29-22-30-28-20(37-22)21(33)36-15(4)6-2/h11-12,14-15,31H,5-10,13H2,1-4H3. The van der Waals surface area contributed by atoms with Crippen LogP contribution in [0.3, 0.4) is 0 Å². The third kappa shape index (κ3) is 8.09. The maximum Gasteiger partial charge on any atom is 0.404 e. The van der Waals surface area contributed by atoms with Gasteiger partial charge in [0.2, 0.25) is 15.0 Å². The van der Waals surface area contributed by atoms with Crippen molar-refractivity contribution in [3.05, 3.63) is 22.7 Å². The number of rotatable bonds is 11. The van der Waals surface area contributed by atoms with Gasteiger partial charge in [-0.25, -0.2) is 13.2 Å². The quantitative estimate of drug-likeness (QED) is 0.251. The number of sulfonamides is 1. The van der Waals surface area contributed by atoms with Crippen LogP contribution in [-0.4, -0.2) is 55.2 Å². The second-order valence-electron chi connectivity index (χ2n) is 9.12. The number of esters is 1. The van der Waals surface area contributed by atoms with E-state index in [0.29, 0.717) is 12.8 Å². The Bertz CT molecular complexity index is 1270. The SMILES string of the molecule is CCCCN1c2cc(NS(=O)(=O)CC(F)(F)F)c(N=Nc3nnc(C(=O)OC(C)CC)s3)cc2CCC1C. The molecule has 3 rings (SSSR count). The van der Waals surface area contributed by atoms with Gasteiger partial charge in [0, 0.05) is 18.3 Å². The predicted octanol–water partition coefficient (Wildman–Crippen LogP) is 6.15.